The van der Waals surface area contributed by atoms with Crippen LogP contribution in [0.1, 0.15) is 31.9 Å². The van der Waals surface area contributed by atoms with Crippen LogP contribution in [0.5, 0.6) is 11.5 Å². The third-order valence-electron chi connectivity index (χ3n) is 3.98. The summed E-state index contributed by atoms with van der Waals surface area (Å²) in [5.74, 6) is 1.11. The van der Waals surface area contributed by atoms with E-state index in [2.05, 4.69) is 9.93 Å². The van der Waals surface area contributed by atoms with Gasteiger partial charge < -0.3 is 9.47 Å². The first-order chi connectivity index (χ1) is 13.7. The predicted molar refractivity (Wildman–Crippen MR) is 109 cm³/mol. The fourth-order valence-corrected chi connectivity index (χ4v) is 3.35. The third-order valence-corrected chi connectivity index (χ3v) is 5.19. The van der Waals surface area contributed by atoms with Gasteiger partial charge in [0.15, 0.2) is 11.5 Å². The Morgan fingerprint density at radius 2 is 1.76 bits per heavy atom. The number of sulfonamides is 1. The van der Waals surface area contributed by atoms with Crippen molar-refractivity contribution in [3.8, 4) is 11.5 Å². The van der Waals surface area contributed by atoms with Gasteiger partial charge in [-0.3, -0.25) is 10.1 Å². The monoisotopic (exact) mass is 421 g/mol. The zero-order valence-corrected chi connectivity index (χ0v) is 17.4. The third kappa shape index (κ3) is 5.44. The summed E-state index contributed by atoms with van der Waals surface area (Å²) in [6, 6.07) is 8.84. The number of nitro benzene ring substituents is 1. The van der Waals surface area contributed by atoms with E-state index in [4.69, 9.17) is 9.47 Å². The molecule has 1 N–H and O–H groups in total. The van der Waals surface area contributed by atoms with E-state index in [1.54, 1.807) is 25.1 Å². The Balaban J connectivity index is 2.29. The lowest BCUT2D eigenvalue weighted by molar-refractivity contribution is -0.385. The van der Waals surface area contributed by atoms with Crippen LogP contribution in [0.2, 0.25) is 0 Å². The van der Waals surface area contributed by atoms with Gasteiger partial charge in [-0.1, -0.05) is 6.07 Å². The Hall–Kier alpha value is -3.14. The molecule has 0 radical (unpaired) electrons. The predicted octanol–water partition coefficient (Wildman–Crippen LogP) is 3.40. The number of rotatable bonds is 9. The molecule has 9 nitrogen and oxygen atoms in total. The van der Waals surface area contributed by atoms with Crippen LogP contribution in [-0.2, 0) is 10.0 Å². The summed E-state index contributed by atoms with van der Waals surface area (Å²) in [7, 11) is -4.07. The van der Waals surface area contributed by atoms with Crippen molar-refractivity contribution in [2.45, 2.75) is 32.6 Å². The van der Waals surface area contributed by atoms with E-state index >= 15 is 0 Å². The lowest BCUT2D eigenvalue weighted by Crippen LogP contribution is -2.20. The molecule has 0 aliphatic carbocycles. The summed E-state index contributed by atoms with van der Waals surface area (Å²) in [6.45, 7) is 7.80. The van der Waals surface area contributed by atoms with Crippen LogP contribution in [0.25, 0.3) is 0 Å². The van der Waals surface area contributed by atoms with Gasteiger partial charge in [0.05, 0.1) is 28.7 Å². The minimum atomic E-state index is -4.07. The summed E-state index contributed by atoms with van der Waals surface area (Å²) in [5.41, 5.74) is 1.11. The van der Waals surface area contributed by atoms with Crippen LogP contribution in [-0.4, -0.2) is 32.3 Å². The highest BCUT2D eigenvalue weighted by atomic mass is 32.2. The lowest BCUT2D eigenvalue weighted by Gasteiger charge is -2.12. The molecule has 2 rings (SSSR count). The van der Waals surface area contributed by atoms with Crippen molar-refractivity contribution < 1.29 is 22.8 Å². The molecular formula is C19H23N3O6S. The van der Waals surface area contributed by atoms with Crippen molar-refractivity contribution in [2.75, 3.05) is 13.2 Å². The molecule has 2 aromatic rings. The number of benzene rings is 2. The molecule has 0 bridgehead atoms. The fourth-order valence-electron chi connectivity index (χ4n) is 2.48. The average Bonchev–Trinajstić information content (AvgIpc) is 2.67. The molecule has 0 spiro atoms. The second kappa shape index (κ2) is 9.37. The Morgan fingerprint density at radius 3 is 2.38 bits per heavy atom. The van der Waals surface area contributed by atoms with Gasteiger partial charge in [-0.25, -0.2) is 0 Å². The standard InChI is InChI=1S/C19H23N3O6S/c1-5-27-18-10-8-15(11-19(18)28-6-2)14(4)20-21-29(25,26)16-9-7-13(3)17(12-16)22(23)24/h7-12,21H,5-6H2,1-4H3/b20-14-. The summed E-state index contributed by atoms with van der Waals surface area (Å²) < 4.78 is 36.0. The Bertz CT molecular complexity index is 1030. The second-order valence-electron chi connectivity index (χ2n) is 6.02. The van der Waals surface area contributed by atoms with E-state index in [-0.39, 0.29) is 10.6 Å². The van der Waals surface area contributed by atoms with Gasteiger partial charge in [-0.05, 0) is 52.0 Å². The smallest absolute Gasteiger partial charge is 0.276 e. The van der Waals surface area contributed by atoms with Crippen LogP contribution < -0.4 is 14.3 Å². The van der Waals surface area contributed by atoms with E-state index in [1.807, 2.05) is 13.8 Å². The molecule has 0 aromatic heterocycles. The van der Waals surface area contributed by atoms with E-state index in [0.717, 1.165) is 6.07 Å². The van der Waals surface area contributed by atoms with E-state index in [0.29, 0.717) is 41.6 Å². The van der Waals surface area contributed by atoms with Crippen molar-refractivity contribution in [2.24, 2.45) is 5.10 Å². The SMILES string of the molecule is CCOc1ccc(/C(C)=N\NS(=O)(=O)c2ccc(C)c([N+](=O)[O-])c2)cc1OCC. The summed E-state index contributed by atoms with van der Waals surface area (Å²) in [5, 5.41) is 15.0. The number of aryl methyl sites for hydroxylation is 1. The highest BCUT2D eigenvalue weighted by Gasteiger charge is 2.19. The molecule has 0 aliphatic heterocycles. The summed E-state index contributed by atoms with van der Waals surface area (Å²) in [6.07, 6.45) is 0. The van der Waals surface area contributed by atoms with Crippen molar-refractivity contribution in [3.63, 3.8) is 0 Å². The van der Waals surface area contributed by atoms with Crippen molar-refractivity contribution in [1.82, 2.24) is 4.83 Å². The van der Waals surface area contributed by atoms with Crippen LogP contribution in [0.4, 0.5) is 5.69 Å². The summed E-state index contributed by atoms with van der Waals surface area (Å²) in [4.78, 5) is 12.3. The fraction of sp³-hybridized carbons (Fsp3) is 0.316. The zero-order valence-electron chi connectivity index (χ0n) is 16.6. The lowest BCUT2D eigenvalue weighted by atomic mass is 10.1. The van der Waals surface area contributed by atoms with Gasteiger partial charge in [0, 0.05) is 17.2 Å². The van der Waals surface area contributed by atoms with Crippen molar-refractivity contribution in [3.05, 3.63) is 57.6 Å². The average molecular weight is 421 g/mol. The minimum absolute atomic E-state index is 0.243. The number of nitrogens with one attached hydrogen (secondary N) is 1. The highest BCUT2D eigenvalue weighted by Crippen LogP contribution is 2.29. The second-order valence-corrected chi connectivity index (χ2v) is 7.69. The van der Waals surface area contributed by atoms with E-state index in [1.165, 1.54) is 19.1 Å². The molecule has 10 heteroatoms. The zero-order chi connectivity index (χ0) is 21.6. The van der Waals surface area contributed by atoms with E-state index < -0.39 is 14.9 Å². The maximum Gasteiger partial charge on any atom is 0.276 e. The molecule has 0 heterocycles. The van der Waals surface area contributed by atoms with Crippen LogP contribution in [0.15, 0.2) is 46.4 Å². The Labute approximate surface area is 169 Å². The topological polar surface area (TPSA) is 120 Å². The number of hydrazone groups is 1. The van der Waals surface area contributed by atoms with Gasteiger partial charge in [0.25, 0.3) is 15.7 Å². The molecule has 0 aliphatic rings. The number of hydrogen-bond acceptors (Lipinski definition) is 7. The van der Waals surface area contributed by atoms with Crippen LogP contribution in [0, 0.1) is 17.0 Å². The molecule has 2 aromatic carbocycles. The number of ether oxygens (including phenoxy) is 2. The Kier molecular flexibility index (Phi) is 7.16. The molecule has 0 amide bonds. The minimum Gasteiger partial charge on any atom is -0.490 e. The molecule has 0 fully saturated rings. The van der Waals surface area contributed by atoms with Crippen LogP contribution >= 0.6 is 0 Å². The molecule has 0 unspecified atom stereocenters. The van der Waals surface area contributed by atoms with Gasteiger partial charge in [-0.2, -0.15) is 18.4 Å². The molecule has 0 saturated heterocycles. The summed E-state index contributed by atoms with van der Waals surface area (Å²) >= 11 is 0. The number of nitro groups is 1. The first-order valence-corrected chi connectivity index (χ1v) is 10.4. The van der Waals surface area contributed by atoms with Gasteiger partial charge in [0.2, 0.25) is 0 Å². The van der Waals surface area contributed by atoms with Crippen molar-refractivity contribution >= 4 is 21.4 Å². The quantitative estimate of drug-likeness (QED) is 0.376. The van der Waals surface area contributed by atoms with Gasteiger partial charge in [-0.15, -0.1) is 0 Å². The molecule has 0 atom stereocenters. The largest absolute Gasteiger partial charge is 0.490 e. The maximum absolute atomic E-state index is 12.5. The molecule has 156 valence electrons. The first-order valence-electron chi connectivity index (χ1n) is 8.90. The first kappa shape index (κ1) is 22.2. The van der Waals surface area contributed by atoms with Gasteiger partial charge in [0.1, 0.15) is 0 Å². The van der Waals surface area contributed by atoms with Crippen molar-refractivity contribution in [1.29, 1.82) is 0 Å². The highest BCUT2D eigenvalue weighted by molar-refractivity contribution is 7.89. The van der Waals surface area contributed by atoms with E-state index in [9.17, 15) is 18.5 Å². The Morgan fingerprint density at radius 1 is 1.10 bits per heavy atom. The molecular weight excluding hydrogens is 398 g/mol. The normalized spacial score (nSPS) is 11.8. The molecule has 29 heavy (non-hydrogen) atoms. The van der Waals surface area contributed by atoms with Crippen LogP contribution in [0.3, 0.4) is 0 Å². The number of hydrogen-bond donors (Lipinski definition) is 1. The molecule has 0 saturated carbocycles. The number of nitrogens with zero attached hydrogens (tertiary/aromatic N) is 2. The maximum atomic E-state index is 12.5. The van der Waals surface area contributed by atoms with Gasteiger partial charge >= 0.3 is 0 Å².